The molecule has 1 aliphatic carbocycles. The molecule has 3 N–H and O–H groups in total. The molecule has 0 bridgehead atoms. The van der Waals surface area contributed by atoms with Crippen LogP contribution < -0.4 is 15.4 Å². The highest BCUT2D eigenvalue weighted by atomic mass is 32.2. The van der Waals surface area contributed by atoms with Crippen LogP contribution in [0.2, 0.25) is 0 Å². The predicted octanol–water partition coefficient (Wildman–Crippen LogP) is 4.36. The second-order valence-corrected chi connectivity index (χ2v) is 8.72. The Hall–Kier alpha value is -2.99. The van der Waals surface area contributed by atoms with E-state index in [-0.39, 0.29) is 6.04 Å². The van der Waals surface area contributed by atoms with Crippen LogP contribution in [0.1, 0.15) is 18.1 Å². The maximum absolute atomic E-state index is 11.5. The molecular weight excluding hydrogens is 370 g/mol. The Kier molecular flexibility index (Phi) is 4.73. The van der Waals surface area contributed by atoms with Gasteiger partial charge in [0.2, 0.25) is 10.0 Å². The molecule has 1 unspecified atom stereocenters. The van der Waals surface area contributed by atoms with Crippen molar-refractivity contribution in [2.24, 2.45) is 0 Å². The summed E-state index contributed by atoms with van der Waals surface area (Å²) in [6, 6.07) is 14.0. The predicted molar refractivity (Wildman–Crippen MR) is 117 cm³/mol. The first-order valence-electron chi connectivity index (χ1n) is 9.27. The fourth-order valence-electron chi connectivity index (χ4n) is 3.62. The van der Waals surface area contributed by atoms with Crippen LogP contribution >= 0.6 is 0 Å². The van der Waals surface area contributed by atoms with E-state index in [1.165, 1.54) is 5.57 Å². The fourth-order valence-corrected chi connectivity index (χ4v) is 4.17. The van der Waals surface area contributed by atoms with Gasteiger partial charge >= 0.3 is 0 Å². The topological polar surface area (TPSA) is 70.2 Å². The molecule has 28 heavy (non-hydrogen) atoms. The van der Waals surface area contributed by atoms with Crippen LogP contribution in [0.25, 0.3) is 5.70 Å². The average molecular weight is 394 g/mol. The zero-order valence-corrected chi connectivity index (χ0v) is 16.7. The van der Waals surface area contributed by atoms with Crippen molar-refractivity contribution in [3.8, 4) is 0 Å². The number of benzene rings is 2. The molecule has 4 rings (SSSR count). The van der Waals surface area contributed by atoms with Crippen molar-refractivity contribution in [2.45, 2.75) is 19.4 Å². The van der Waals surface area contributed by atoms with Gasteiger partial charge in [-0.2, -0.15) is 0 Å². The number of anilines is 3. The molecule has 1 aliphatic heterocycles. The van der Waals surface area contributed by atoms with E-state index < -0.39 is 10.0 Å². The van der Waals surface area contributed by atoms with Gasteiger partial charge in [0.1, 0.15) is 0 Å². The van der Waals surface area contributed by atoms with Gasteiger partial charge in [0.15, 0.2) is 0 Å². The van der Waals surface area contributed by atoms with Gasteiger partial charge in [-0.15, -0.1) is 0 Å². The third-order valence-electron chi connectivity index (χ3n) is 4.87. The fraction of sp³-hybridized carbons (Fsp3) is 0.182. The van der Waals surface area contributed by atoms with E-state index in [1.807, 2.05) is 30.3 Å². The van der Waals surface area contributed by atoms with Crippen molar-refractivity contribution in [3.05, 3.63) is 83.5 Å². The molecule has 5 nitrogen and oxygen atoms in total. The Balaban J connectivity index is 1.76. The maximum atomic E-state index is 11.5. The highest BCUT2D eigenvalue weighted by molar-refractivity contribution is 7.92. The molecule has 0 spiro atoms. The minimum absolute atomic E-state index is 0.124. The molecule has 2 aromatic carbocycles. The number of allylic oxidation sites excluding steroid dienone is 2. The summed E-state index contributed by atoms with van der Waals surface area (Å²) in [4.78, 5) is 0. The van der Waals surface area contributed by atoms with E-state index in [0.717, 1.165) is 40.9 Å². The van der Waals surface area contributed by atoms with E-state index in [0.29, 0.717) is 5.69 Å². The van der Waals surface area contributed by atoms with Gasteiger partial charge in [0.25, 0.3) is 0 Å². The number of para-hydroxylation sites is 1. The van der Waals surface area contributed by atoms with E-state index in [9.17, 15) is 8.42 Å². The molecule has 0 amide bonds. The lowest BCUT2D eigenvalue weighted by Gasteiger charge is -2.31. The van der Waals surface area contributed by atoms with Crippen LogP contribution in [0.4, 0.5) is 17.1 Å². The Morgan fingerprint density at radius 2 is 1.93 bits per heavy atom. The lowest BCUT2D eigenvalue weighted by Crippen LogP contribution is -2.27. The summed E-state index contributed by atoms with van der Waals surface area (Å²) in [7, 11) is -3.30. The standard InChI is InChI=1S/C22H23N3O2S/c1-3-15-14-16(25-28(2,26)27)12-13-19(15)24-22-17-8-4-6-10-20(17)23-21-11-7-5-9-18(21)22/h4-14,20,23-25H,3H2,1-2H3. The summed E-state index contributed by atoms with van der Waals surface area (Å²) in [6.07, 6.45) is 10.3. The number of nitrogens with one attached hydrogen (secondary N) is 3. The summed E-state index contributed by atoms with van der Waals surface area (Å²) < 4.78 is 25.6. The van der Waals surface area contributed by atoms with E-state index in [2.05, 4.69) is 52.6 Å². The zero-order valence-electron chi connectivity index (χ0n) is 15.9. The van der Waals surface area contributed by atoms with E-state index in [1.54, 1.807) is 6.07 Å². The molecule has 0 fully saturated rings. The molecule has 1 heterocycles. The van der Waals surface area contributed by atoms with Gasteiger partial charge in [-0.3, -0.25) is 4.72 Å². The summed E-state index contributed by atoms with van der Waals surface area (Å²) >= 11 is 0. The first-order valence-corrected chi connectivity index (χ1v) is 11.2. The van der Waals surface area contributed by atoms with Gasteiger partial charge < -0.3 is 10.6 Å². The lowest BCUT2D eigenvalue weighted by molar-refractivity contribution is 0.607. The van der Waals surface area contributed by atoms with Crippen molar-refractivity contribution >= 4 is 32.8 Å². The maximum Gasteiger partial charge on any atom is 0.229 e. The number of hydrogen-bond donors (Lipinski definition) is 3. The highest BCUT2D eigenvalue weighted by Crippen LogP contribution is 2.37. The van der Waals surface area contributed by atoms with Crippen LogP contribution in [0, 0.1) is 0 Å². The van der Waals surface area contributed by atoms with Gasteiger partial charge in [-0.05, 0) is 36.2 Å². The van der Waals surface area contributed by atoms with Crippen LogP contribution in [0.3, 0.4) is 0 Å². The minimum Gasteiger partial charge on any atom is -0.374 e. The van der Waals surface area contributed by atoms with Crippen molar-refractivity contribution < 1.29 is 8.42 Å². The Labute approximate surface area is 165 Å². The first kappa shape index (κ1) is 18.4. The summed E-state index contributed by atoms with van der Waals surface area (Å²) in [6.45, 7) is 2.06. The summed E-state index contributed by atoms with van der Waals surface area (Å²) in [5.41, 5.74) is 7.06. The van der Waals surface area contributed by atoms with Crippen LogP contribution in [0.15, 0.2) is 72.3 Å². The Bertz CT molecular complexity index is 1110. The summed E-state index contributed by atoms with van der Waals surface area (Å²) in [5.74, 6) is 0. The number of aryl methyl sites for hydroxylation is 1. The first-order chi connectivity index (χ1) is 13.4. The van der Waals surface area contributed by atoms with Gasteiger partial charge in [0, 0.05) is 28.2 Å². The minimum atomic E-state index is -3.30. The van der Waals surface area contributed by atoms with Crippen LogP contribution in [-0.2, 0) is 16.4 Å². The average Bonchev–Trinajstić information content (AvgIpc) is 2.67. The van der Waals surface area contributed by atoms with Crippen molar-refractivity contribution in [1.82, 2.24) is 0 Å². The molecule has 6 heteroatoms. The third kappa shape index (κ3) is 3.68. The van der Waals surface area contributed by atoms with Gasteiger partial charge in [-0.25, -0.2) is 8.42 Å². The molecule has 0 saturated heterocycles. The largest absolute Gasteiger partial charge is 0.374 e. The van der Waals surface area contributed by atoms with E-state index in [4.69, 9.17) is 0 Å². The molecule has 1 atom stereocenters. The molecule has 2 aromatic rings. The lowest BCUT2D eigenvalue weighted by atomic mass is 9.91. The zero-order chi connectivity index (χ0) is 19.7. The van der Waals surface area contributed by atoms with E-state index >= 15 is 0 Å². The second-order valence-electron chi connectivity index (χ2n) is 6.97. The second kappa shape index (κ2) is 7.20. The van der Waals surface area contributed by atoms with Crippen molar-refractivity contribution in [3.63, 3.8) is 0 Å². The molecule has 2 aliphatic rings. The molecular formula is C22H23N3O2S. The van der Waals surface area contributed by atoms with Gasteiger partial charge in [-0.1, -0.05) is 49.4 Å². The molecule has 144 valence electrons. The quantitative estimate of drug-likeness (QED) is 0.706. The summed E-state index contributed by atoms with van der Waals surface area (Å²) in [5, 5.41) is 7.19. The number of sulfonamides is 1. The Morgan fingerprint density at radius 3 is 2.71 bits per heavy atom. The highest BCUT2D eigenvalue weighted by Gasteiger charge is 2.25. The normalized spacial score (nSPS) is 17.6. The molecule has 0 saturated carbocycles. The van der Waals surface area contributed by atoms with Gasteiger partial charge in [0.05, 0.1) is 18.0 Å². The smallest absolute Gasteiger partial charge is 0.229 e. The monoisotopic (exact) mass is 393 g/mol. The third-order valence-corrected chi connectivity index (χ3v) is 5.48. The number of fused-ring (bicyclic) bond motifs is 2. The van der Waals surface area contributed by atoms with Crippen LogP contribution in [-0.4, -0.2) is 20.7 Å². The van der Waals surface area contributed by atoms with Crippen molar-refractivity contribution in [1.29, 1.82) is 0 Å². The SMILES string of the molecule is CCc1cc(NS(C)(=O)=O)ccc1NC1=C2C=CC=CC2Nc2ccccc21. The molecule has 0 aromatic heterocycles. The number of hydrogen-bond acceptors (Lipinski definition) is 4. The van der Waals surface area contributed by atoms with Crippen LogP contribution in [0.5, 0.6) is 0 Å². The Morgan fingerprint density at radius 1 is 1.11 bits per heavy atom. The van der Waals surface area contributed by atoms with Crippen molar-refractivity contribution in [2.75, 3.05) is 21.6 Å². The number of rotatable bonds is 5. The molecule has 0 radical (unpaired) electrons.